The zero-order chi connectivity index (χ0) is 18.8. The van der Waals surface area contributed by atoms with Crippen LogP contribution >= 0.6 is 0 Å². The number of hydrogen-bond donors (Lipinski definition) is 0. The molecule has 0 aliphatic carbocycles. The summed E-state index contributed by atoms with van der Waals surface area (Å²) in [6, 6.07) is 4.61. The fourth-order valence-electron chi connectivity index (χ4n) is 2.83. The average molecular weight is 354 g/mol. The van der Waals surface area contributed by atoms with Gasteiger partial charge in [0.05, 0.1) is 23.7 Å². The molecule has 1 aromatic carbocycles. The molecule has 1 heterocycles. The molecule has 0 fully saturated rings. The number of alkyl halides is 3. The van der Waals surface area contributed by atoms with E-state index in [2.05, 4.69) is 5.16 Å². The Kier molecular flexibility index (Phi) is 5.55. The van der Waals surface area contributed by atoms with E-state index >= 15 is 0 Å². The van der Waals surface area contributed by atoms with Gasteiger partial charge < -0.3 is 9.42 Å². The van der Waals surface area contributed by atoms with Crippen LogP contribution in [0.4, 0.5) is 13.2 Å². The molecule has 7 heteroatoms. The number of likely N-dealkylation sites (N-methyl/N-ethyl adjacent to an activating group) is 1. The monoisotopic (exact) mass is 354 g/mol. The first-order chi connectivity index (χ1) is 11.6. The van der Waals surface area contributed by atoms with Crippen molar-refractivity contribution >= 4 is 5.91 Å². The van der Waals surface area contributed by atoms with Crippen LogP contribution in [0.25, 0.3) is 0 Å². The highest BCUT2D eigenvalue weighted by atomic mass is 19.4. The summed E-state index contributed by atoms with van der Waals surface area (Å²) in [5.41, 5.74) is 1.10. The first kappa shape index (κ1) is 19.0. The fourth-order valence-corrected chi connectivity index (χ4v) is 2.83. The van der Waals surface area contributed by atoms with Gasteiger partial charge in [-0.2, -0.15) is 13.2 Å². The van der Waals surface area contributed by atoms with E-state index in [9.17, 15) is 18.0 Å². The van der Waals surface area contributed by atoms with E-state index in [1.165, 1.54) is 6.07 Å². The van der Waals surface area contributed by atoms with Crippen LogP contribution in [0.3, 0.4) is 0 Å². The number of carbonyl (C=O) groups is 1. The predicted octanol–water partition coefficient (Wildman–Crippen LogP) is 4.46. The van der Waals surface area contributed by atoms with Crippen molar-refractivity contribution in [1.29, 1.82) is 0 Å². The lowest BCUT2D eigenvalue weighted by Crippen LogP contribution is -2.34. The minimum Gasteiger partial charge on any atom is -0.361 e. The number of rotatable bonds is 5. The fraction of sp³-hybridized carbons (Fsp3) is 0.444. The summed E-state index contributed by atoms with van der Waals surface area (Å²) >= 11 is 0. The summed E-state index contributed by atoms with van der Waals surface area (Å²) in [4.78, 5) is 14.2. The molecule has 0 bridgehead atoms. The summed E-state index contributed by atoms with van der Waals surface area (Å²) in [6.07, 6.45) is -4.30. The average Bonchev–Trinajstić information content (AvgIpc) is 2.86. The van der Waals surface area contributed by atoms with E-state index in [-0.39, 0.29) is 12.3 Å². The third-order valence-corrected chi connectivity index (χ3v) is 4.33. The molecule has 1 atom stereocenters. The predicted molar refractivity (Wildman–Crippen MR) is 86.9 cm³/mol. The molecule has 25 heavy (non-hydrogen) atoms. The Morgan fingerprint density at radius 2 is 2.00 bits per heavy atom. The Morgan fingerprint density at radius 3 is 2.52 bits per heavy atom. The minimum atomic E-state index is -4.41. The summed E-state index contributed by atoms with van der Waals surface area (Å²) in [6.45, 7) is 7.40. The lowest BCUT2D eigenvalue weighted by Gasteiger charge is -2.29. The Balaban J connectivity index is 2.23. The number of halogens is 3. The molecule has 2 rings (SSSR count). The first-order valence-electron chi connectivity index (χ1n) is 8.03. The summed E-state index contributed by atoms with van der Waals surface area (Å²) in [5, 5.41) is 3.83. The van der Waals surface area contributed by atoms with Gasteiger partial charge in [-0.3, -0.25) is 4.79 Å². The van der Waals surface area contributed by atoms with E-state index in [1.807, 2.05) is 0 Å². The van der Waals surface area contributed by atoms with Crippen molar-refractivity contribution in [3.05, 3.63) is 52.4 Å². The molecule has 1 amide bonds. The highest BCUT2D eigenvalue weighted by molar-refractivity contribution is 5.79. The first-order valence-corrected chi connectivity index (χ1v) is 8.03. The van der Waals surface area contributed by atoms with E-state index in [1.54, 1.807) is 38.7 Å². The largest absolute Gasteiger partial charge is 0.416 e. The Bertz CT molecular complexity index is 734. The van der Waals surface area contributed by atoms with Crippen LogP contribution in [0, 0.1) is 13.8 Å². The second-order valence-corrected chi connectivity index (χ2v) is 5.96. The molecule has 1 unspecified atom stereocenters. The molecule has 136 valence electrons. The number of aromatic nitrogens is 1. The van der Waals surface area contributed by atoms with Crippen LogP contribution in [0.15, 0.2) is 28.8 Å². The summed E-state index contributed by atoms with van der Waals surface area (Å²) in [7, 11) is 0. The van der Waals surface area contributed by atoms with Crippen LogP contribution in [0.5, 0.6) is 0 Å². The lowest BCUT2D eigenvalue weighted by molar-refractivity contribution is -0.137. The summed E-state index contributed by atoms with van der Waals surface area (Å²) < 4.78 is 43.8. The van der Waals surface area contributed by atoms with Crippen LogP contribution in [-0.4, -0.2) is 22.5 Å². The van der Waals surface area contributed by atoms with Crippen LogP contribution in [0.2, 0.25) is 0 Å². The van der Waals surface area contributed by atoms with E-state index in [0.29, 0.717) is 23.6 Å². The third kappa shape index (κ3) is 4.21. The topological polar surface area (TPSA) is 46.3 Å². The van der Waals surface area contributed by atoms with Crippen molar-refractivity contribution in [2.24, 2.45) is 0 Å². The van der Waals surface area contributed by atoms with Gasteiger partial charge in [-0.25, -0.2) is 0 Å². The van der Waals surface area contributed by atoms with Crippen molar-refractivity contribution < 1.29 is 22.5 Å². The quantitative estimate of drug-likeness (QED) is 0.796. The number of hydrogen-bond acceptors (Lipinski definition) is 3. The van der Waals surface area contributed by atoms with Gasteiger partial charge in [0, 0.05) is 12.1 Å². The molecule has 0 spiro atoms. The van der Waals surface area contributed by atoms with Gasteiger partial charge in [0.15, 0.2) is 0 Å². The van der Waals surface area contributed by atoms with Crippen LogP contribution in [0.1, 0.15) is 48.0 Å². The minimum absolute atomic E-state index is 0.109. The maximum atomic E-state index is 12.9. The Labute approximate surface area is 144 Å². The van der Waals surface area contributed by atoms with Gasteiger partial charge in [-0.15, -0.1) is 0 Å². The summed E-state index contributed by atoms with van der Waals surface area (Å²) in [5.74, 6) is 0.399. The number of nitrogens with zero attached hydrogens (tertiary/aromatic N) is 2. The molecule has 0 radical (unpaired) electrons. The molecule has 0 saturated heterocycles. The maximum absolute atomic E-state index is 12.9. The third-order valence-electron chi connectivity index (χ3n) is 4.33. The van der Waals surface area contributed by atoms with Gasteiger partial charge in [0.25, 0.3) is 0 Å². The molecule has 1 aromatic heterocycles. The second-order valence-electron chi connectivity index (χ2n) is 5.96. The molecule has 0 N–H and O–H groups in total. The van der Waals surface area contributed by atoms with Crippen molar-refractivity contribution in [2.75, 3.05) is 6.54 Å². The lowest BCUT2D eigenvalue weighted by atomic mass is 10.0. The van der Waals surface area contributed by atoms with E-state index < -0.39 is 17.8 Å². The maximum Gasteiger partial charge on any atom is 0.416 e. The van der Waals surface area contributed by atoms with E-state index in [0.717, 1.165) is 17.7 Å². The molecular weight excluding hydrogens is 333 g/mol. The van der Waals surface area contributed by atoms with Crippen LogP contribution in [-0.2, 0) is 17.4 Å². The van der Waals surface area contributed by atoms with Gasteiger partial charge in [-0.05, 0) is 45.4 Å². The Morgan fingerprint density at radius 1 is 1.32 bits per heavy atom. The number of benzene rings is 1. The number of amides is 1. The Hall–Kier alpha value is -2.31. The zero-order valence-electron chi connectivity index (χ0n) is 14.6. The van der Waals surface area contributed by atoms with Gasteiger partial charge in [-0.1, -0.05) is 17.3 Å². The van der Waals surface area contributed by atoms with Crippen molar-refractivity contribution in [1.82, 2.24) is 10.1 Å². The van der Waals surface area contributed by atoms with Gasteiger partial charge in [0.2, 0.25) is 5.91 Å². The van der Waals surface area contributed by atoms with Crippen molar-refractivity contribution in [3.63, 3.8) is 0 Å². The molecule has 2 aromatic rings. The van der Waals surface area contributed by atoms with Gasteiger partial charge in [0.1, 0.15) is 5.76 Å². The number of aryl methyl sites for hydroxylation is 2. The SMILES string of the molecule is CCN(C(=O)Cc1c(C)noc1C)C(C)c1cccc(C(F)(F)F)c1. The molecule has 0 aliphatic rings. The van der Waals surface area contributed by atoms with E-state index in [4.69, 9.17) is 4.52 Å². The highest BCUT2D eigenvalue weighted by Crippen LogP contribution is 2.32. The zero-order valence-corrected chi connectivity index (χ0v) is 14.6. The van der Waals surface area contributed by atoms with Crippen molar-refractivity contribution in [3.8, 4) is 0 Å². The normalized spacial score (nSPS) is 12.9. The van der Waals surface area contributed by atoms with Gasteiger partial charge >= 0.3 is 6.18 Å². The number of carbonyl (C=O) groups excluding carboxylic acids is 1. The van der Waals surface area contributed by atoms with Crippen molar-refractivity contribution in [2.45, 2.75) is 46.3 Å². The van der Waals surface area contributed by atoms with Crippen LogP contribution < -0.4 is 0 Å². The second kappa shape index (κ2) is 7.29. The molecule has 4 nitrogen and oxygen atoms in total. The highest BCUT2D eigenvalue weighted by Gasteiger charge is 2.31. The standard InChI is InChI=1S/C18H21F3N2O2/c1-5-23(17(24)10-16-11(2)22-25-13(16)4)12(3)14-7-6-8-15(9-14)18(19,20)21/h6-9,12H,5,10H2,1-4H3. The molecule has 0 saturated carbocycles. The smallest absolute Gasteiger partial charge is 0.361 e. The molecular formula is C18H21F3N2O2. The molecule has 0 aliphatic heterocycles.